The summed E-state index contributed by atoms with van der Waals surface area (Å²) in [7, 11) is 0. The van der Waals surface area contributed by atoms with Crippen LogP contribution < -0.4 is 0 Å². The smallest absolute Gasteiger partial charge is 0.434 e. The molecule has 2 aliphatic rings. The van der Waals surface area contributed by atoms with Crippen molar-refractivity contribution in [2.24, 2.45) is 35.5 Å². The molecule has 0 radical (unpaired) electrons. The number of allylic oxidation sites excluding steroid dienone is 4. The van der Waals surface area contributed by atoms with Gasteiger partial charge in [0.05, 0.1) is 13.2 Å². The minimum atomic E-state index is -0.511. The molecule has 26 heavy (non-hydrogen) atoms. The zero-order chi connectivity index (χ0) is 19.3. The molecule has 0 aromatic heterocycles. The van der Waals surface area contributed by atoms with Crippen LogP contribution in [0, 0.1) is 35.5 Å². The first-order valence-corrected chi connectivity index (χ1v) is 10.4. The maximum absolute atomic E-state index is 11.8. The Kier molecular flexibility index (Phi) is 7.79. The number of hydrogen-bond donors (Lipinski definition) is 0. The molecule has 0 fully saturated rings. The normalized spacial score (nSPS) is 34.7. The Labute approximate surface area is 160 Å². The van der Waals surface area contributed by atoms with E-state index in [9.17, 15) is 4.79 Å². The van der Waals surface area contributed by atoms with Gasteiger partial charge in [-0.05, 0) is 75.0 Å². The van der Waals surface area contributed by atoms with Gasteiger partial charge in [0.2, 0.25) is 0 Å². The molecule has 3 nitrogen and oxygen atoms in total. The molecule has 0 aliphatic heterocycles. The van der Waals surface area contributed by atoms with E-state index in [0.29, 0.717) is 48.7 Å². The molecule has 0 aromatic rings. The highest BCUT2D eigenvalue weighted by Crippen LogP contribution is 2.35. The van der Waals surface area contributed by atoms with Gasteiger partial charge in [0, 0.05) is 0 Å². The molecule has 0 spiro atoms. The number of rotatable bonds is 6. The number of carbonyl (C=O) groups is 1. The van der Waals surface area contributed by atoms with E-state index < -0.39 is 6.16 Å². The molecule has 2 aliphatic carbocycles. The molecule has 0 bridgehead atoms. The van der Waals surface area contributed by atoms with Crippen LogP contribution in [0.4, 0.5) is 4.79 Å². The van der Waals surface area contributed by atoms with Crippen molar-refractivity contribution in [3.8, 4) is 0 Å². The molecule has 148 valence electrons. The van der Waals surface area contributed by atoms with Gasteiger partial charge in [0.1, 0.15) is 0 Å². The van der Waals surface area contributed by atoms with E-state index >= 15 is 0 Å². The summed E-state index contributed by atoms with van der Waals surface area (Å²) in [6.45, 7) is 14.5. The molecule has 6 unspecified atom stereocenters. The van der Waals surface area contributed by atoms with Crippen LogP contribution in [0.2, 0.25) is 0 Å². The van der Waals surface area contributed by atoms with Crippen LogP contribution in [0.3, 0.4) is 0 Å². The van der Waals surface area contributed by atoms with Crippen molar-refractivity contribution in [2.45, 2.75) is 67.2 Å². The third-order valence-electron chi connectivity index (χ3n) is 6.82. The highest BCUT2D eigenvalue weighted by atomic mass is 16.7. The maximum Gasteiger partial charge on any atom is 0.508 e. The zero-order valence-corrected chi connectivity index (χ0v) is 17.6. The summed E-state index contributed by atoms with van der Waals surface area (Å²) in [5, 5.41) is 0. The Morgan fingerprint density at radius 2 is 1.23 bits per heavy atom. The van der Waals surface area contributed by atoms with E-state index in [0.717, 1.165) is 12.8 Å². The monoisotopic (exact) mass is 362 g/mol. The van der Waals surface area contributed by atoms with E-state index in [1.54, 1.807) is 0 Å². The Hall–Kier alpha value is -1.25. The molecule has 3 heteroatoms. The highest BCUT2D eigenvalue weighted by molar-refractivity contribution is 5.59. The Morgan fingerprint density at radius 3 is 1.62 bits per heavy atom. The third-order valence-corrected chi connectivity index (χ3v) is 6.82. The average Bonchev–Trinajstić information content (AvgIpc) is 2.57. The molecule has 0 saturated carbocycles. The fourth-order valence-electron chi connectivity index (χ4n) is 4.43. The predicted octanol–water partition coefficient (Wildman–Crippen LogP) is 6.40. The highest BCUT2D eigenvalue weighted by Gasteiger charge is 2.25. The van der Waals surface area contributed by atoms with Crippen LogP contribution in [-0.4, -0.2) is 19.4 Å². The molecule has 0 N–H and O–H groups in total. The first-order chi connectivity index (χ1) is 12.3. The summed E-state index contributed by atoms with van der Waals surface area (Å²) in [5.74, 6) is 3.78. The van der Waals surface area contributed by atoms with Gasteiger partial charge in [0.25, 0.3) is 0 Å². The minimum Gasteiger partial charge on any atom is -0.434 e. The summed E-state index contributed by atoms with van der Waals surface area (Å²) in [6.07, 6.45) is 8.40. The standard InChI is InChI=1S/C23H38O3/c1-15-11-19(5)21(13-17(15)3)7-9-25-23(24)26-10-8-22-14-18(4)16(2)12-20(22)6/h11-12,15-18,21-22H,7-10,13-14H2,1-6H3. The summed E-state index contributed by atoms with van der Waals surface area (Å²) < 4.78 is 10.6. The van der Waals surface area contributed by atoms with Crippen molar-refractivity contribution in [3.63, 3.8) is 0 Å². The van der Waals surface area contributed by atoms with Gasteiger partial charge in [-0.15, -0.1) is 0 Å². The summed E-state index contributed by atoms with van der Waals surface area (Å²) in [6, 6.07) is 0. The summed E-state index contributed by atoms with van der Waals surface area (Å²) >= 11 is 0. The Bertz CT molecular complexity index is 488. The van der Waals surface area contributed by atoms with Crippen LogP contribution in [0.15, 0.2) is 23.3 Å². The molecule has 6 atom stereocenters. The molecule has 0 aromatic carbocycles. The van der Waals surface area contributed by atoms with Crippen molar-refractivity contribution in [1.82, 2.24) is 0 Å². The summed E-state index contributed by atoms with van der Waals surface area (Å²) in [5.41, 5.74) is 2.88. The van der Waals surface area contributed by atoms with E-state index in [1.807, 2.05) is 0 Å². The lowest BCUT2D eigenvalue weighted by molar-refractivity contribution is 0.0475. The molecule has 2 rings (SSSR count). The second-order valence-electron chi connectivity index (χ2n) is 8.88. The van der Waals surface area contributed by atoms with Crippen molar-refractivity contribution < 1.29 is 14.3 Å². The Morgan fingerprint density at radius 1 is 0.846 bits per heavy atom. The van der Waals surface area contributed by atoms with Crippen LogP contribution in [0.25, 0.3) is 0 Å². The van der Waals surface area contributed by atoms with Gasteiger partial charge in [-0.2, -0.15) is 0 Å². The Balaban J connectivity index is 1.64. The average molecular weight is 363 g/mol. The van der Waals surface area contributed by atoms with Gasteiger partial charge in [0.15, 0.2) is 0 Å². The van der Waals surface area contributed by atoms with Gasteiger partial charge in [-0.1, -0.05) is 51.0 Å². The topological polar surface area (TPSA) is 35.5 Å². The van der Waals surface area contributed by atoms with Crippen LogP contribution in [0.5, 0.6) is 0 Å². The number of hydrogen-bond acceptors (Lipinski definition) is 3. The fourth-order valence-corrected chi connectivity index (χ4v) is 4.43. The first-order valence-electron chi connectivity index (χ1n) is 10.4. The molecular formula is C23H38O3. The van der Waals surface area contributed by atoms with Gasteiger partial charge >= 0.3 is 6.16 Å². The lowest BCUT2D eigenvalue weighted by atomic mass is 9.76. The minimum absolute atomic E-state index is 0.451. The van der Waals surface area contributed by atoms with E-state index in [1.165, 1.54) is 24.0 Å². The van der Waals surface area contributed by atoms with Gasteiger partial charge < -0.3 is 9.47 Å². The van der Waals surface area contributed by atoms with Gasteiger partial charge in [-0.3, -0.25) is 0 Å². The van der Waals surface area contributed by atoms with Crippen molar-refractivity contribution >= 4 is 6.16 Å². The zero-order valence-electron chi connectivity index (χ0n) is 17.6. The van der Waals surface area contributed by atoms with E-state index in [-0.39, 0.29) is 0 Å². The quantitative estimate of drug-likeness (QED) is 0.405. The van der Waals surface area contributed by atoms with Crippen LogP contribution in [-0.2, 0) is 9.47 Å². The summed E-state index contributed by atoms with van der Waals surface area (Å²) in [4.78, 5) is 11.8. The van der Waals surface area contributed by atoms with Gasteiger partial charge in [-0.25, -0.2) is 4.79 Å². The fraction of sp³-hybridized carbons (Fsp3) is 0.783. The van der Waals surface area contributed by atoms with Crippen molar-refractivity contribution in [1.29, 1.82) is 0 Å². The van der Waals surface area contributed by atoms with Crippen molar-refractivity contribution in [2.75, 3.05) is 13.2 Å². The van der Waals surface area contributed by atoms with Crippen molar-refractivity contribution in [3.05, 3.63) is 23.3 Å². The lowest BCUT2D eigenvalue weighted by Crippen LogP contribution is -2.22. The second-order valence-corrected chi connectivity index (χ2v) is 8.88. The number of ether oxygens (including phenoxy) is 2. The first kappa shape index (κ1) is 21.1. The molecule has 0 heterocycles. The molecular weight excluding hydrogens is 324 g/mol. The second kappa shape index (κ2) is 9.62. The predicted molar refractivity (Wildman–Crippen MR) is 107 cm³/mol. The largest absolute Gasteiger partial charge is 0.508 e. The maximum atomic E-state index is 11.8. The number of carbonyl (C=O) groups excluding carboxylic acids is 1. The van der Waals surface area contributed by atoms with E-state index in [2.05, 4.69) is 53.7 Å². The van der Waals surface area contributed by atoms with Crippen LogP contribution >= 0.6 is 0 Å². The van der Waals surface area contributed by atoms with Crippen LogP contribution in [0.1, 0.15) is 67.2 Å². The third kappa shape index (κ3) is 5.89. The molecule has 0 saturated heterocycles. The lowest BCUT2D eigenvalue weighted by Gasteiger charge is -2.31. The molecule has 0 amide bonds. The van der Waals surface area contributed by atoms with E-state index in [4.69, 9.17) is 9.47 Å². The SMILES string of the molecule is CC1=CC(C)C(C)CC1CCOC(=O)OCCC1CC(C)C(C)C=C1C.